The molecule has 2 aromatic carbocycles. The third-order valence-electron chi connectivity index (χ3n) is 2.77. The van der Waals surface area contributed by atoms with E-state index in [2.05, 4.69) is 0 Å². The maximum atomic E-state index is 11.0. The van der Waals surface area contributed by atoms with Crippen LogP contribution in [0.1, 0.15) is 5.56 Å². The van der Waals surface area contributed by atoms with E-state index in [0.29, 0.717) is 0 Å². The third kappa shape index (κ3) is 2.72. The molecule has 94 valence electrons. The van der Waals surface area contributed by atoms with Crippen molar-refractivity contribution in [3.05, 3.63) is 47.5 Å². The lowest BCUT2D eigenvalue weighted by atomic mass is 10.0. The molecule has 0 aliphatic heterocycles. The molecule has 2 N–H and O–H groups in total. The van der Waals surface area contributed by atoms with Gasteiger partial charge in [0.2, 0.25) is 0 Å². The first-order valence-corrected chi connectivity index (χ1v) is 5.63. The van der Waals surface area contributed by atoms with E-state index in [1.165, 1.54) is 6.08 Å². The van der Waals surface area contributed by atoms with Crippen LogP contribution in [0.2, 0.25) is 0 Å². The molecule has 0 bridgehead atoms. The van der Waals surface area contributed by atoms with Gasteiger partial charge in [-0.3, -0.25) is 4.79 Å². The average molecular weight is 252 g/mol. The number of hydrogen-bond donors (Lipinski definition) is 1. The Labute approximate surface area is 110 Å². The molecule has 19 heavy (non-hydrogen) atoms. The minimum Gasteiger partial charge on any atom is -0.497 e. The molecular weight excluding hydrogens is 240 g/mol. The van der Waals surface area contributed by atoms with Crippen LogP contribution in [-0.4, -0.2) is 13.0 Å². The minimum atomic E-state index is -0.725. The van der Waals surface area contributed by atoms with Crippen molar-refractivity contribution in [3.8, 4) is 11.8 Å². The summed E-state index contributed by atoms with van der Waals surface area (Å²) in [5, 5.41) is 10.8. The van der Waals surface area contributed by atoms with E-state index in [1.54, 1.807) is 13.2 Å². The van der Waals surface area contributed by atoms with Crippen LogP contribution in [0.5, 0.6) is 5.75 Å². The minimum absolute atomic E-state index is 0.0622. The van der Waals surface area contributed by atoms with Crippen molar-refractivity contribution in [3.63, 3.8) is 0 Å². The summed E-state index contributed by atoms with van der Waals surface area (Å²) < 4.78 is 5.15. The van der Waals surface area contributed by atoms with Gasteiger partial charge in [-0.15, -0.1) is 0 Å². The summed E-state index contributed by atoms with van der Waals surface area (Å²) in [6, 6.07) is 13.1. The van der Waals surface area contributed by atoms with Crippen molar-refractivity contribution in [2.75, 3.05) is 7.11 Å². The van der Waals surface area contributed by atoms with E-state index in [9.17, 15) is 4.79 Å². The van der Waals surface area contributed by atoms with Crippen molar-refractivity contribution in [2.24, 2.45) is 5.73 Å². The summed E-state index contributed by atoms with van der Waals surface area (Å²) >= 11 is 0. The highest BCUT2D eigenvalue weighted by molar-refractivity contribution is 6.01. The number of methoxy groups -OCH3 is 1. The zero-order valence-electron chi connectivity index (χ0n) is 10.4. The zero-order valence-corrected chi connectivity index (χ0v) is 10.4. The fourth-order valence-corrected chi connectivity index (χ4v) is 1.78. The fraction of sp³-hybridized carbons (Fsp3) is 0.0667. The number of nitrogens with two attached hydrogens (primary N) is 1. The van der Waals surface area contributed by atoms with Crippen LogP contribution in [0.3, 0.4) is 0 Å². The Hall–Kier alpha value is -2.80. The molecule has 0 aliphatic rings. The second kappa shape index (κ2) is 5.23. The first kappa shape index (κ1) is 12.7. The van der Waals surface area contributed by atoms with Crippen molar-refractivity contribution >= 4 is 22.8 Å². The Morgan fingerprint density at radius 2 is 1.95 bits per heavy atom. The Balaban J connectivity index is 2.48. The second-order valence-corrected chi connectivity index (χ2v) is 4.01. The van der Waals surface area contributed by atoms with Crippen LogP contribution in [0, 0.1) is 11.3 Å². The monoisotopic (exact) mass is 252 g/mol. The summed E-state index contributed by atoms with van der Waals surface area (Å²) in [5.41, 5.74) is 5.79. The van der Waals surface area contributed by atoms with Gasteiger partial charge in [0.05, 0.1) is 7.11 Å². The molecule has 0 atom stereocenters. The largest absolute Gasteiger partial charge is 0.497 e. The Morgan fingerprint density at radius 3 is 2.58 bits per heavy atom. The predicted octanol–water partition coefficient (Wildman–Crippen LogP) is 2.24. The van der Waals surface area contributed by atoms with Crippen LogP contribution in [-0.2, 0) is 4.79 Å². The topological polar surface area (TPSA) is 76.1 Å². The summed E-state index contributed by atoms with van der Waals surface area (Å²) in [7, 11) is 1.62. The molecule has 2 rings (SSSR count). The molecule has 0 aliphatic carbocycles. The fourth-order valence-electron chi connectivity index (χ4n) is 1.78. The molecule has 0 saturated carbocycles. The number of ether oxygens (including phenoxy) is 1. The quantitative estimate of drug-likeness (QED) is 0.672. The maximum absolute atomic E-state index is 11.0. The SMILES string of the molecule is COc1ccc2cc(C=C(C#N)C(N)=O)ccc2c1. The van der Waals surface area contributed by atoms with Crippen LogP contribution >= 0.6 is 0 Å². The molecule has 0 unspecified atom stereocenters. The van der Waals surface area contributed by atoms with Crippen molar-refractivity contribution in [1.29, 1.82) is 5.26 Å². The molecule has 2 aromatic rings. The molecule has 4 heteroatoms. The first-order valence-electron chi connectivity index (χ1n) is 5.63. The van der Waals surface area contributed by atoms with Gasteiger partial charge in [0.1, 0.15) is 17.4 Å². The van der Waals surface area contributed by atoms with Crippen molar-refractivity contribution in [1.82, 2.24) is 0 Å². The lowest BCUT2D eigenvalue weighted by Gasteiger charge is -2.03. The number of amides is 1. The highest BCUT2D eigenvalue weighted by Crippen LogP contribution is 2.22. The Bertz CT molecular complexity index is 712. The second-order valence-electron chi connectivity index (χ2n) is 4.01. The van der Waals surface area contributed by atoms with Gasteiger partial charge in [-0.05, 0) is 40.6 Å². The summed E-state index contributed by atoms with van der Waals surface area (Å²) in [6.45, 7) is 0. The summed E-state index contributed by atoms with van der Waals surface area (Å²) in [5.74, 6) is 0.0583. The van der Waals surface area contributed by atoms with E-state index >= 15 is 0 Å². The molecule has 0 saturated heterocycles. The van der Waals surface area contributed by atoms with Crippen molar-refractivity contribution < 1.29 is 9.53 Å². The number of primary amides is 1. The van der Waals surface area contributed by atoms with E-state index in [1.807, 2.05) is 36.4 Å². The van der Waals surface area contributed by atoms with Crippen LogP contribution in [0.25, 0.3) is 16.8 Å². The van der Waals surface area contributed by atoms with Gasteiger partial charge < -0.3 is 10.5 Å². The predicted molar refractivity (Wildman–Crippen MR) is 73.3 cm³/mol. The number of hydrogen-bond acceptors (Lipinski definition) is 3. The molecule has 4 nitrogen and oxygen atoms in total. The van der Waals surface area contributed by atoms with Gasteiger partial charge in [0, 0.05) is 0 Å². The van der Waals surface area contributed by atoms with Gasteiger partial charge in [0.25, 0.3) is 5.91 Å². The first-order chi connectivity index (χ1) is 9.13. The van der Waals surface area contributed by atoms with Gasteiger partial charge in [-0.25, -0.2) is 0 Å². The lowest BCUT2D eigenvalue weighted by molar-refractivity contribution is -0.114. The summed E-state index contributed by atoms with van der Waals surface area (Å²) in [6.07, 6.45) is 1.48. The lowest BCUT2D eigenvalue weighted by Crippen LogP contribution is -2.12. The molecule has 0 aromatic heterocycles. The number of benzene rings is 2. The van der Waals surface area contributed by atoms with Crippen molar-refractivity contribution in [2.45, 2.75) is 0 Å². The molecule has 0 radical (unpaired) electrons. The smallest absolute Gasteiger partial charge is 0.259 e. The van der Waals surface area contributed by atoms with E-state index in [0.717, 1.165) is 22.1 Å². The zero-order chi connectivity index (χ0) is 13.8. The highest BCUT2D eigenvalue weighted by Gasteiger charge is 2.04. The van der Waals surface area contributed by atoms with Crippen LogP contribution in [0.15, 0.2) is 42.0 Å². The average Bonchev–Trinajstić information content (AvgIpc) is 2.43. The Kier molecular flexibility index (Phi) is 3.48. The van der Waals surface area contributed by atoms with E-state index < -0.39 is 5.91 Å². The number of nitrogens with zero attached hydrogens (tertiary/aromatic N) is 1. The number of carbonyl (C=O) groups excluding carboxylic acids is 1. The van der Waals surface area contributed by atoms with Gasteiger partial charge in [-0.2, -0.15) is 5.26 Å². The van der Waals surface area contributed by atoms with Crippen LogP contribution < -0.4 is 10.5 Å². The van der Waals surface area contributed by atoms with Gasteiger partial charge in [0.15, 0.2) is 0 Å². The number of nitriles is 1. The Morgan fingerprint density at radius 1 is 1.26 bits per heavy atom. The highest BCUT2D eigenvalue weighted by atomic mass is 16.5. The normalized spacial score (nSPS) is 11.1. The number of rotatable bonds is 3. The van der Waals surface area contributed by atoms with Gasteiger partial charge >= 0.3 is 0 Å². The summed E-state index contributed by atoms with van der Waals surface area (Å²) in [4.78, 5) is 11.0. The van der Waals surface area contributed by atoms with E-state index in [4.69, 9.17) is 15.7 Å². The maximum Gasteiger partial charge on any atom is 0.259 e. The molecule has 0 heterocycles. The number of carbonyl (C=O) groups is 1. The molecule has 1 amide bonds. The van der Waals surface area contributed by atoms with Crippen LogP contribution in [0.4, 0.5) is 0 Å². The standard InChI is InChI=1S/C15H12N2O2/c1-19-14-5-4-11-6-10(2-3-12(11)8-14)7-13(9-16)15(17)18/h2-8H,1H3,(H2,17,18). The third-order valence-corrected chi connectivity index (χ3v) is 2.77. The number of fused-ring (bicyclic) bond motifs is 1. The van der Waals surface area contributed by atoms with Gasteiger partial charge in [-0.1, -0.05) is 18.2 Å². The molecule has 0 spiro atoms. The molecular formula is C15H12N2O2. The molecule has 0 fully saturated rings. The van der Waals surface area contributed by atoms with E-state index in [-0.39, 0.29) is 5.57 Å².